The third kappa shape index (κ3) is 18.9. The molecular weight excluding hydrogens is 833 g/mol. The molecule has 1 aromatic heterocycles. The van der Waals surface area contributed by atoms with Crippen molar-refractivity contribution in [3.05, 3.63) is 36.0 Å². The predicted octanol–water partition coefficient (Wildman–Crippen LogP) is -3.08. The van der Waals surface area contributed by atoms with Gasteiger partial charge >= 0.3 is 5.97 Å². The van der Waals surface area contributed by atoms with Gasteiger partial charge in [-0.2, -0.15) is 0 Å². The van der Waals surface area contributed by atoms with Gasteiger partial charge in [-0.05, 0) is 115 Å². The Hall–Kier alpha value is -5.23. The fraction of sp³-hybridized carbons (Fsp3) is 0.643. The van der Waals surface area contributed by atoms with Crippen LogP contribution in [0.4, 0.5) is 0 Å². The Kier molecular flexibility index (Phi) is 25.7. The minimum atomic E-state index is -1.66. The van der Waals surface area contributed by atoms with Crippen LogP contribution in [0.1, 0.15) is 89.5 Å². The second-order valence-corrected chi connectivity index (χ2v) is 15.9. The molecule has 64 heavy (non-hydrogen) atoms. The summed E-state index contributed by atoms with van der Waals surface area (Å²) >= 11 is 0. The Morgan fingerprint density at radius 1 is 0.578 bits per heavy atom. The van der Waals surface area contributed by atoms with Crippen LogP contribution >= 0.6 is 0 Å². The highest BCUT2D eigenvalue weighted by Gasteiger charge is 2.35. The number of hydrogen-bond acceptors (Lipinski definition) is 14. The summed E-state index contributed by atoms with van der Waals surface area (Å²) in [5, 5.41) is 46.3. The molecule has 0 aliphatic carbocycles. The van der Waals surface area contributed by atoms with Crippen LogP contribution in [0.5, 0.6) is 0 Å². The van der Waals surface area contributed by atoms with Gasteiger partial charge in [0.25, 0.3) is 0 Å². The molecule has 0 spiro atoms. The highest BCUT2D eigenvalue weighted by molar-refractivity contribution is 5.97. The number of rotatable bonds is 33. The summed E-state index contributed by atoms with van der Waals surface area (Å²) in [6.45, 7) is 1.61. The standard InChI is InChI=1S/C42H72N12O10/c1-25(56)35(54-36(57)28(47)13-4-8-18-43)41(62)53-34(24-55)40(61)50-31(16-6-10-20-45)38(59)52-33(22-26-23-48-29-14-3-2-12-27(26)29)39(60)49-30(15-5-9-19-44)37(58)51-32(42(63)64)17-7-11-21-46/h2-3,12,14,23,25,28,30-35,48,55-56H,4-11,13,15-22,24,43-47H2,1H3,(H,49,60)(H,50,61)(H,51,58)(H,52,59)(H,53,62)(H,54,57)(H,63,64)/t25-,28+,30+,31+,32+,33+,34+,35+/m1/s1. The average Bonchev–Trinajstić information content (AvgIpc) is 3.68. The van der Waals surface area contributed by atoms with Gasteiger partial charge in [0.15, 0.2) is 0 Å². The molecule has 0 unspecified atom stereocenters. The minimum absolute atomic E-state index is 0.0154. The van der Waals surface area contributed by atoms with E-state index in [-0.39, 0.29) is 38.6 Å². The third-order valence-corrected chi connectivity index (χ3v) is 10.6. The van der Waals surface area contributed by atoms with Crippen LogP contribution in [-0.4, -0.2) is 143 Å². The van der Waals surface area contributed by atoms with E-state index in [0.717, 1.165) is 10.9 Å². The number of carbonyl (C=O) groups is 7. The van der Waals surface area contributed by atoms with Crippen molar-refractivity contribution in [3.8, 4) is 0 Å². The lowest BCUT2D eigenvalue weighted by Crippen LogP contribution is -2.61. The molecule has 1 aromatic carbocycles. The lowest BCUT2D eigenvalue weighted by molar-refractivity contribution is -0.142. The molecule has 2 aromatic rings. The van der Waals surface area contributed by atoms with Crippen LogP contribution in [0.15, 0.2) is 30.5 Å². The number of hydrogen-bond donors (Lipinski definition) is 15. The molecule has 1 heterocycles. The first-order valence-electron chi connectivity index (χ1n) is 22.1. The van der Waals surface area contributed by atoms with E-state index in [1.807, 2.05) is 18.2 Å². The fourth-order valence-corrected chi connectivity index (χ4v) is 6.85. The second kappa shape index (κ2) is 30.0. The van der Waals surface area contributed by atoms with Crippen molar-refractivity contribution in [2.75, 3.05) is 32.8 Å². The van der Waals surface area contributed by atoms with Gasteiger partial charge in [-0.1, -0.05) is 24.6 Å². The van der Waals surface area contributed by atoms with Crippen molar-refractivity contribution in [1.82, 2.24) is 36.9 Å². The molecule has 22 heteroatoms. The number of unbranched alkanes of at least 4 members (excludes halogenated alkanes) is 4. The summed E-state index contributed by atoms with van der Waals surface area (Å²) in [6.07, 6.45) is 4.51. The smallest absolute Gasteiger partial charge is 0.326 e. The summed E-state index contributed by atoms with van der Waals surface area (Å²) in [6, 6.07) is -2.10. The number of nitrogens with two attached hydrogens (primary N) is 5. The molecule has 0 aliphatic rings. The maximum atomic E-state index is 14.3. The molecule has 22 nitrogen and oxygen atoms in total. The van der Waals surface area contributed by atoms with E-state index < -0.39 is 96.4 Å². The number of nitrogens with one attached hydrogen (secondary N) is 7. The number of H-pyrrole nitrogens is 1. The van der Waals surface area contributed by atoms with Crippen molar-refractivity contribution in [1.29, 1.82) is 0 Å². The molecule has 360 valence electrons. The molecule has 2 rings (SSSR count). The Labute approximate surface area is 373 Å². The Balaban J connectivity index is 2.41. The zero-order valence-corrected chi connectivity index (χ0v) is 36.8. The monoisotopic (exact) mass is 905 g/mol. The first kappa shape index (κ1) is 54.9. The summed E-state index contributed by atoms with van der Waals surface area (Å²) in [7, 11) is 0. The molecule has 20 N–H and O–H groups in total. The van der Waals surface area contributed by atoms with Gasteiger partial charge in [0.2, 0.25) is 35.4 Å². The maximum Gasteiger partial charge on any atom is 0.326 e. The number of para-hydroxylation sites is 1. The summed E-state index contributed by atoms with van der Waals surface area (Å²) < 4.78 is 0. The molecule has 6 amide bonds. The molecule has 0 radical (unpaired) electrons. The zero-order valence-electron chi connectivity index (χ0n) is 36.8. The fourth-order valence-electron chi connectivity index (χ4n) is 6.85. The highest BCUT2D eigenvalue weighted by Crippen LogP contribution is 2.20. The number of amides is 6. The largest absolute Gasteiger partial charge is 0.480 e. The number of carbonyl (C=O) groups excluding carboxylic acids is 6. The Bertz CT molecular complexity index is 1780. The third-order valence-electron chi connectivity index (χ3n) is 10.6. The SMILES string of the molecule is C[C@@H](O)[C@H](NC(=O)[C@@H](N)CCCCN)C(=O)N[C@@H](CO)C(=O)N[C@@H](CCCCN)C(=O)N[C@@H](Cc1c[nH]c2ccccc12)C(=O)N[C@@H](CCCCN)C(=O)N[C@@H](CCCCN)C(=O)O. The van der Waals surface area contributed by atoms with Crippen molar-refractivity contribution in [2.45, 2.75) is 139 Å². The highest BCUT2D eigenvalue weighted by atomic mass is 16.4. The van der Waals surface area contributed by atoms with E-state index in [1.54, 1.807) is 12.3 Å². The number of aromatic nitrogens is 1. The lowest BCUT2D eigenvalue weighted by atomic mass is 10.0. The maximum absolute atomic E-state index is 14.3. The number of fused-ring (bicyclic) bond motifs is 1. The van der Waals surface area contributed by atoms with Crippen LogP contribution < -0.4 is 60.6 Å². The van der Waals surface area contributed by atoms with Crippen molar-refractivity contribution in [3.63, 3.8) is 0 Å². The van der Waals surface area contributed by atoms with Crippen molar-refractivity contribution >= 4 is 52.3 Å². The number of carboxylic acids is 1. The number of aliphatic carboxylic acids is 1. The van der Waals surface area contributed by atoms with Gasteiger partial charge in [0.05, 0.1) is 18.8 Å². The summed E-state index contributed by atoms with van der Waals surface area (Å²) in [4.78, 5) is 97.0. The number of aliphatic hydroxyl groups is 2. The van der Waals surface area contributed by atoms with E-state index in [1.165, 1.54) is 6.92 Å². The summed E-state index contributed by atoms with van der Waals surface area (Å²) in [5.74, 6) is -6.32. The van der Waals surface area contributed by atoms with E-state index >= 15 is 0 Å². The minimum Gasteiger partial charge on any atom is -0.480 e. The topological polar surface area (TPSA) is 398 Å². The van der Waals surface area contributed by atoms with Crippen LogP contribution in [0.2, 0.25) is 0 Å². The number of aromatic amines is 1. The second-order valence-electron chi connectivity index (χ2n) is 15.9. The van der Waals surface area contributed by atoms with Crippen molar-refractivity contribution in [2.24, 2.45) is 28.7 Å². The molecule has 8 atom stereocenters. The van der Waals surface area contributed by atoms with Crippen LogP contribution in [0.25, 0.3) is 10.9 Å². The first-order chi connectivity index (χ1) is 30.6. The zero-order chi connectivity index (χ0) is 47.6. The molecule has 0 bridgehead atoms. The predicted molar refractivity (Wildman–Crippen MR) is 240 cm³/mol. The molecule has 0 aliphatic heterocycles. The van der Waals surface area contributed by atoms with E-state index in [4.69, 9.17) is 28.7 Å². The average molecular weight is 905 g/mol. The van der Waals surface area contributed by atoms with Gasteiger partial charge in [-0.15, -0.1) is 0 Å². The van der Waals surface area contributed by atoms with Crippen LogP contribution in [0.3, 0.4) is 0 Å². The quantitative estimate of drug-likeness (QED) is 0.0316. The normalized spacial score (nSPS) is 15.1. The van der Waals surface area contributed by atoms with Crippen LogP contribution in [-0.2, 0) is 40.0 Å². The summed E-state index contributed by atoms with van der Waals surface area (Å²) in [5.41, 5.74) is 29.8. The number of benzene rings is 1. The lowest BCUT2D eigenvalue weighted by Gasteiger charge is -2.28. The van der Waals surface area contributed by atoms with E-state index in [2.05, 4.69) is 36.9 Å². The van der Waals surface area contributed by atoms with Crippen molar-refractivity contribution < 1.29 is 48.9 Å². The van der Waals surface area contributed by atoms with Gasteiger partial charge < -0.3 is 80.9 Å². The van der Waals surface area contributed by atoms with E-state index in [9.17, 15) is 48.9 Å². The Morgan fingerprint density at radius 2 is 1.02 bits per heavy atom. The number of carboxylic acid groups (broad SMARTS) is 1. The molecule has 0 fully saturated rings. The van der Waals surface area contributed by atoms with Gasteiger partial charge in [0, 0.05) is 23.5 Å². The molecule has 0 saturated carbocycles. The van der Waals surface area contributed by atoms with E-state index in [0.29, 0.717) is 76.6 Å². The first-order valence-corrected chi connectivity index (χ1v) is 22.1. The van der Waals surface area contributed by atoms with Crippen LogP contribution in [0, 0.1) is 0 Å². The number of aliphatic hydroxyl groups excluding tert-OH is 2. The Morgan fingerprint density at radius 3 is 1.52 bits per heavy atom. The molecule has 0 saturated heterocycles. The molecular formula is C42H72N12O10. The van der Waals surface area contributed by atoms with Gasteiger partial charge in [0.1, 0.15) is 36.3 Å². The van der Waals surface area contributed by atoms with Gasteiger partial charge in [-0.3, -0.25) is 28.8 Å². The van der Waals surface area contributed by atoms with Gasteiger partial charge in [-0.25, -0.2) is 4.79 Å².